The highest BCUT2D eigenvalue weighted by Gasteiger charge is 2.02. The second kappa shape index (κ2) is 4.02. The molecule has 4 N–H and O–H groups in total. The zero-order valence-electron chi connectivity index (χ0n) is 8.38. The van der Waals surface area contributed by atoms with Gasteiger partial charge in [0.2, 0.25) is 0 Å². The number of anilines is 2. The number of rotatable bonds is 2. The molecule has 2 rings (SSSR count). The number of benzene rings is 2. The van der Waals surface area contributed by atoms with Crippen molar-refractivity contribution < 1.29 is 15.3 Å². The molecule has 4 nitrogen and oxygen atoms in total. The molecule has 0 bridgehead atoms. The minimum absolute atomic E-state index is 0.00811. The van der Waals surface area contributed by atoms with Crippen molar-refractivity contribution in [2.24, 2.45) is 0 Å². The van der Waals surface area contributed by atoms with Crippen LogP contribution < -0.4 is 5.32 Å². The smallest absolute Gasteiger partial charge is 0.142 e. The van der Waals surface area contributed by atoms with Crippen LogP contribution in [0, 0.1) is 0 Å². The topological polar surface area (TPSA) is 72.7 Å². The van der Waals surface area contributed by atoms with Gasteiger partial charge in [-0.05, 0) is 36.4 Å². The molecule has 0 aliphatic heterocycles. The van der Waals surface area contributed by atoms with E-state index < -0.39 is 0 Å². The lowest BCUT2D eigenvalue weighted by molar-refractivity contribution is 0.452. The third kappa shape index (κ3) is 2.17. The van der Waals surface area contributed by atoms with Gasteiger partial charge < -0.3 is 20.6 Å². The van der Waals surface area contributed by atoms with E-state index in [0.717, 1.165) is 5.69 Å². The molecule has 0 fully saturated rings. The van der Waals surface area contributed by atoms with Gasteiger partial charge in [-0.25, -0.2) is 0 Å². The maximum absolute atomic E-state index is 9.54. The van der Waals surface area contributed by atoms with E-state index in [0.29, 0.717) is 5.69 Å². The molecule has 0 unspecified atom stereocenters. The van der Waals surface area contributed by atoms with Gasteiger partial charge in [-0.2, -0.15) is 0 Å². The van der Waals surface area contributed by atoms with Gasteiger partial charge in [-0.3, -0.25) is 0 Å². The van der Waals surface area contributed by atoms with Crippen LogP contribution in [-0.2, 0) is 0 Å². The third-order valence-corrected chi connectivity index (χ3v) is 2.13. The average Bonchev–Trinajstić information content (AvgIpc) is 2.25. The molecule has 0 saturated heterocycles. The lowest BCUT2D eigenvalue weighted by Crippen LogP contribution is -1.89. The molecule has 0 spiro atoms. The van der Waals surface area contributed by atoms with E-state index in [1.54, 1.807) is 30.3 Å². The fourth-order valence-corrected chi connectivity index (χ4v) is 1.33. The maximum atomic E-state index is 9.54. The minimum Gasteiger partial charge on any atom is -0.508 e. The molecule has 82 valence electrons. The lowest BCUT2D eigenvalue weighted by Gasteiger charge is -2.08. The summed E-state index contributed by atoms with van der Waals surface area (Å²) in [6.45, 7) is 0. The van der Waals surface area contributed by atoms with Crippen molar-refractivity contribution >= 4 is 11.4 Å². The van der Waals surface area contributed by atoms with E-state index in [2.05, 4.69) is 5.32 Å². The van der Waals surface area contributed by atoms with E-state index in [-0.39, 0.29) is 17.2 Å². The van der Waals surface area contributed by atoms with Crippen molar-refractivity contribution in [2.75, 3.05) is 5.32 Å². The first kappa shape index (κ1) is 10.2. The molecule has 2 aromatic carbocycles. The number of hydrogen-bond donors (Lipinski definition) is 4. The zero-order chi connectivity index (χ0) is 11.5. The van der Waals surface area contributed by atoms with Crippen LogP contribution in [0.15, 0.2) is 42.5 Å². The largest absolute Gasteiger partial charge is 0.508 e. The number of aromatic hydroxyl groups is 3. The summed E-state index contributed by atoms with van der Waals surface area (Å²) in [5, 5.41) is 30.7. The van der Waals surface area contributed by atoms with E-state index in [1.807, 2.05) is 0 Å². The Morgan fingerprint density at radius 1 is 0.750 bits per heavy atom. The molecule has 0 aliphatic rings. The fourth-order valence-electron chi connectivity index (χ4n) is 1.33. The Hall–Kier alpha value is -2.36. The van der Waals surface area contributed by atoms with Crippen molar-refractivity contribution in [1.82, 2.24) is 0 Å². The molecule has 0 aliphatic carbocycles. The van der Waals surface area contributed by atoms with Crippen molar-refractivity contribution in [3.05, 3.63) is 42.5 Å². The predicted octanol–water partition coefficient (Wildman–Crippen LogP) is 2.55. The van der Waals surface area contributed by atoms with Crippen LogP contribution in [0.5, 0.6) is 17.2 Å². The van der Waals surface area contributed by atoms with Crippen LogP contribution in [0.4, 0.5) is 11.4 Å². The number of phenols is 3. The Morgan fingerprint density at radius 3 is 2.00 bits per heavy atom. The van der Waals surface area contributed by atoms with Crippen LogP contribution in [-0.4, -0.2) is 15.3 Å². The first-order valence-electron chi connectivity index (χ1n) is 4.73. The molecule has 0 radical (unpaired) electrons. The molecule has 2 aromatic rings. The van der Waals surface area contributed by atoms with Crippen LogP contribution in [0.2, 0.25) is 0 Å². The average molecular weight is 217 g/mol. The monoisotopic (exact) mass is 217 g/mol. The second-order valence-corrected chi connectivity index (χ2v) is 3.37. The minimum atomic E-state index is -0.0342. The highest BCUT2D eigenvalue weighted by atomic mass is 16.3. The van der Waals surface area contributed by atoms with Gasteiger partial charge in [0.05, 0.1) is 5.69 Å². The zero-order valence-corrected chi connectivity index (χ0v) is 8.38. The van der Waals surface area contributed by atoms with E-state index in [4.69, 9.17) is 10.2 Å². The highest BCUT2D eigenvalue weighted by molar-refractivity contribution is 5.67. The second-order valence-electron chi connectivity index (χ2n) is 3.37. The quantitative estimate of drug-likeness (QED) is 0.460. The summed E-state index contributed by atoms with van der Waals surface area (Å²) < 4.78 is 0. The van der Waals surface area contributed by atoms with Crippen LogP contribution >= 0.6 is 0 Å². The number of phenolic OH excluding ortho intramolecular Hbond substituents is 3. The molecule has 4 heteroatoms. The van der Waals surface area contributed by atoms with Crippen molar-refractivity contribution in [2.45, 2.75) is 0 Å². The summed E-state index contributed by atoms with van der Waals surface area (Å²) in [6.07, 6.45) is 0. The van der Waals surface area contributed by atoms with Crippen LogP contribution in [0.3, 0.4) is 0 Å². The van der Waals surface area contributed by atoms with Gasteiger partial charge in [-0.15, -0.1) is 0 Å². The Morgan fingerprint density at radius 2 is 1.38 bits per heavy atom. The first-order valence-corrected chi connectivity index (χ1v) is 4.73. The Labute approximate surface area is 92.4 Å². The molecule has 0 saturated carbocycles. The van der Waals surface area contributed by atoms with Crippen LogP contribution in [0.1, 0.15) is 0 Å². The summed E-state index contributed by atoms with van der Waals surface area (Å²) in [7, 11) is 0. The molecule has 16 heavy (non-hydrogen) atoms. The molecule has 0 amide bonds. The summed E-state index contributed by atoms with van der Waals surface area (Å²) >= 11 is 0. The van der Waals surface area contributed by atoms with Crippen LogP contribution in [0.25, 0.3) is 0 Å². The summed E-state index contributed by atoms with van der Waals surface area (Å²) in [5.74, 6) is 0.155. The lowest BCUT2D eigenvalue weighted by atomic mass is 10.2. The van der Waals surface area contributed by atoms with Crippen molar-refractivity contribution in [1.29, 1.82) is 0 Å². The molecule has 0 atom stereocenters. The van der Waals surface area contributed by atoms with Gasteiger partial charge in [0.1, 0.15) is 17.2 Å². The first-order chi connectivity index (χ1) is 7.65. The Balaban J connectivity index is 2.23. The van der Waals surface area contributed by atoms with Gasteiger partial charge in [-0.1, -0.05) is 0 Å². The number of nitrogens with one attached hydrogen (secondary N) is 1. The Kier molecular flexibility index (Phi) is 2.55. The molecule has 0 heterocycles. The van der Waals surface area contributed by atoms with E-state index >= 15 is 0 Å². The SMILES string of the molecule is Oc1ccc(Nc2ccc(O)cc2O)cc1. The van der Waals surface area contributed by atoms with Gasteiger partial charge in [0.15, 0.2) is 0 Å². The summed E-state index contributed by atoms with van der Waals surface area (Å²) in [6, 6.07) is 10.7. The standard InChI is InChI=1S/C12H11NO3/c14-9-3-1-8(2-4-9)13-11-6-5-10(15)7-12(11)16/h1-7,13-16H. The highest BCUT2D eigenvalue weighted by Crippen LogP contribution is 2.30. The summed E-state index contributed by atoms with van der Waals surface area (Å²) in [4.78, 5) is 0. The van der Waals surface area contributed by atoms with Crippen molar-refractivity contribution in [3.8, 4) is 17.2 Å². The Bertz CT molecular complexity index is 494. The number of hydrogen-bond acceptors (Lipinski definition) is 4. The van der Waals surface area contributed by atoms with E-state index in [9.17, 15) is 5.11 Å². The molecule has 0 aromatic heterocycles. The third-order valence-electron chi connectivity index (χ3n) is 2.13. The molecular weight excluding hydrogens is 206 g/mol. The normalized spacial score (nSPS) is 10.0. The predicted molar refractivity (Wildman–Crippen MR) is 61.2 cm³/mol. The maximum Gasteiger partial charge on any atom is 0.142 e. The van der Waals surface area contributed by atoms with Gasteiger partial charge >= 0.3 is 0 Å². The van der Waals surface area contributed by atoms with Gasteiger partial charge in [0.25, 0.3) is 0 Å². The fraction of sp³-hybridized carbons (Fsp3) is 0. The molecular formula is C12H11NO3. The summed E-state index contributed by atoms with van der Waals surface area (Å²) in [5.41, 5.74) is 1.22. The van der Waals surface area contributed by atoms with Crippen molar-refractivity contribution in [3.63, 3.8) is 0 Å². The van der Waals surface area contributed by atoms with E-state index in [1.165, 1.54) is 12.1 Å². The van der Waals surface area contributed by atoms with Gasteiger partial charge in [0, 0.05) is 11.8 Å².